The summed E-state index contributed by atoms with van der Waals surface area (Å²) in [7, 11) is 0. The number of aromatic hydroxyl groups is 2. The third kappa shape index (κ3) is 1.71. The maximum Gasteiger partial charge on any atom is 0.257 e. The lowest BCUT2D eigenvalue weighted by Crippen LogP contribution is -2.69. The smallest absolute Gasteiger partial charge is 0.257 e. The molecule has 18 heavy (non-hydrogen) atoms. The molecule has 1 heterocycles. The molecular formula is C13H16N2O3. The Morgan fingerprint density at radius 3 is 2.56 bits per heavy atom. The highest BCUT2D eigenvalue weighted by molar-refractivity contribution is 5.97. The monoisotopic (exact) mass is 248 g/mol. The van der Waals surface area contributed by atoms with Gasteiger partial charge in [-0.05, 0) is 30.9 Å². The molecule has 4 N–H and O–H groups in total. The minimum atomic E-state index is -0.228. The summed E-state index contributed by atoms with van der Waals surface area (Å²) in [6.45, 7) is 1.10. The summed E-state index contributed by atoms with van der Waals surface area (Å²) >= 11 is 0. The number of carbonyl (C=O) groups is 1. The van der Waals surface area contributed by atoms with E-state index in [-0.39, 0.29) is 28.5 Å². The predicted octanol–water partition coefficient (Wildman–Crippen LogP) is 0.661. The van der Waals surface area contributed by atoms with Gasteiger partial charge in [-0.1, -0.05) is 0 Å². The van der Waals surface area contributed by atoms with Crippen LogP contribution in [0.15, 0.2) is 18.2 Å². The minimum absolute atomic E-state index is 0.0567. The van der Waals surface area contributed by atoms with Crippen molar-refractivity contribution in [2.45, 2.75) is 18.4 Å². The first-order valence-electron chi connectivity index (χ1n) is 6.10. The number of rotatable bonds is 2. The van der Waals surface area contributed by atoms with Crippen LogP contribution in [0.25, 0.3) is 0 Å². The molecule has 0 atom stereocenters. The number of hydrogen-bond donors (Lipinski definition) is 3. The predicted molar refractivity (Wildman–Crippen MR) is 65.3 cm³/mol. The van der Waals surface area contributed by atoms with E-state index in [9.17, 15) is 15.0 Å². The zero-order valence-electron chi connectivity index (χ0n) is 9.97. The Hall–Kier alpha value is -1.75. The number of benzene rings is 1. The average Bonchev–Trinajstić information content (AvgIpc) is 3.08. The summed E-state index contributed by atoms with van der Waals surface area (Å²) in [5.41, 5.74) is 6.17. The zero-order valence-corrected chi connectivity index (χ0v) is 9.97. The SMILES string of the molecule is NC1(C2CC2)CN(C(=O)c2ccc(O)cc2O)C1. The van der Waals surface area contributed by atoms with E-state index in [4.69, 9.17) is 5.73 Å². The largest absolute Gasteiger partial charge is 0.508 e. The summed E-state index contributed by atoms with van der Waals surface area (Å²) in [5.74, 6) is 0.0731. The molecular weight excluding hydrogens is 232 g/mol. The Morgan fingerprint density at radius 2 is 2.00 bits per heavy atom. The quantitative estimate of drug-likeness (QED) is 0.717. The fraction of sp³-hybridized carbons (Fsp3) is 0.462. The lowest BCUT2D eigenvalue weighted by atomic mass is 9.85. The molecule has 5 nitrogen and oxygen atoms in total. The van der Waals surface area contributed by atoms with Crippen LogP contribution in [0.5, 0.6) is 11.5 Å². The number of amides is 1. The molecule has 1 aromatic rings. The lowest BCUT2D eigenvalue weighted by Gasteiger charge is -2.48. The van der Waals surface area contributed by atoms with E-state index < -0.39 is 0 Å². The summed E-state index contributed by atoms with van der Waals surface area (Å²) < 4.78 is 0. The molecule has 1 aliphatic carbocycles. The van der Waals surface area contributed by atoms with Crippen LogP contribution < -0.4 is 5.73 Å². The molecule has 0 aromatic heterocycles. The second kappa shape index (κ2) is 3.62. The molecule has 1 amide bonds. The fourth-order valence-corrected chi connectivity index (χ4v) is 2.60. The van der Waals surface area contributed by atoms with Gasteiger partial charge in [-0.15, -0.1) is 0 Å². The Labute approximate surface area is 105 Å². The van der Waals surface area contributed by atoms with Crippen LogP contribution in [-0.2, 0) is 0 Å². The Bertz CT molecular complexity index is 505. The van der Waals surface area contributed by atoms with Crippen LogP contribution in [0.2, 0.25) is 0 Å². The van der Waals surface area contributed by atoms with Crippen molar-refractivity contribution in [3.05, 3.63) is 23.8 Å². The van der Waals surface area contributed by atoms with Crippen molar-refractivity contribution in [1.29, 1.82) is 0 Å². The number of phenolic OH excluding ortho intramolecular Hbond substituents is 2. The van der Waals surface area contributed by atoms with E-state index in [2.05, 4.69) is 0 Å². The Balaban J connectivity index is 1.72. The first kappa shape index (κ1) is 11.3. The van der Waals surface area contributed by atoms with Crippen LogP contribution in [-0.4, -0.2) is 39.6 Å². The van der Waals surface area contributed by atoms with Crippen molar-refractivity contribution in [1.82, 2.24) is 4.90 Å². The second-order valence-electron chi connectivity index (χ2n) is 5.37. The maximum atomic E-state index is 12.1. The summed E-state index contributed by atoms with van der Waals surface area (Å²) in [6.07, 6.45) is 2.31. The maximum absolute atomic E-state index is 12.1. The summed E-state index contributed by atoms with van der Waals surface area (Å²) in [5, 5.41) is 18.8. The van der Waals surface area contributed by atoms with Crippen LogP contribution in [0.1, 0.15) is 23.2 Å². The molecule has 1 aromatic carbocycles. The average molecular weight is 248 g/mol. The zero-order chi connectivity index (χ0) is 12.9. The number of nitrogens with two attached hydrogens (primary N) is 1. The normalized spacial score (nSPS) is 21.5. The van der Waals surface area contributed by atoms with Gasteiger partial charge in [0, 0.05) is 19.2 Å². The van der Waals surface area contributed by atoms with E-state index in [1.807, 2.05) is 0 Å². The van der Waals surface area contributed by atoms with E-state index in [1.54, 1.807) is 4.90 Å². The highest BCUT2D eigenvalue weighted by Crippen LogP contribution is 2.43. The molecule has 3 rings (SSSR count). The van der Waals surface area contributed by atoms with Gasteiger partial charge in [0.05, 0.1) is 11.1 Å². The van der Waals surface area contributed by atoms with Crippen molar-refractivity contribution < 1.29 is 15.0 Å². The van der Waals surface area contributed by atoms with Crippen LogP contribution in [0, 0.1) is 5.92 Å². The highest BCUT2D eigenvalue weighted by atomic mass is 16.3. The third-order valence-corrected chi connectivity index (χ3v) is 3.86. The number of hydrogen-bond acceptors (Lipinski definition) is 4. The van der Waals surface area contributed by atoms with Gasteiger partial charge >= 0.3 is 0 Å². The van der Waals surface area contributed by atoms with Gasteiger partial charge in [-0.2, -0.15) is 0 Å². The fourth-order valence-electron chi connectivity index (χ4n) is 2.60. The number of carbonyl (C=O) groups excluding carboxylic acids is 1. The van der Waals surface area contributed by atoms with Gasteiger partial charge in [-0.3, -0.25) is 4.79 Å². The second-order valence-corrected chi connectivity index (χ2v) is 5.37. The molecule has 96 valence electrons. The molecule has 2 aliphatic rings. The standard InChI is InChI=1S/C13H16N2O3/c14-13(8-1-2-8)6-15(7-13)12(18)10-4-3-9(16)5-11(10)17/h3-5,8,16-17H,1-2,6-7,14H2. The number of phenols is 2. The number of nitrogens with zero attached hydrogens (tertiary/aromatic N) is 1. The molecule has 1 aliphatic heterocycles. The van der Waals surface area contributed by atoms with E-state index in [0.717, 1.165) is 12.8 Å². The van der Waals surface area contributed by atoms with Crippen molar-refractivity contribution in [3.8, 4) is 11.5 Å². The molecule has 1 saturated heterocycles. The molecule has 0 spiro atoms. The van der Waals surface area contributed by atoms with Crippen molar-refractivity contribution >= 4 is 5.91 Å². The third-order valence-electron chi connectivity index (χ3n) is 3.86. The van der Waals surface area contributed by atoms with Gasteiger partial charge in [0.25, 0.3) is 5.91 Å². The molecule has 0 unspecified atom stereocenters. The van der Waals surface area contributed by atoms with Crippen LogP contribution >= 0.6 is 0 Å². The van der Waals surface area contributed by atoms with Crippen molar-refractivity contribution in [3.63, 3.8) is 0 Å². The molecule has 0 bridgehead atoms. The molecule has 0 radical (unpaired) electrons. The Morgan fingerprint density at radius 1 is 1.33 bits per heavy atom. The van der Waals surface area contributed by atoms with E-state index in [1.165, 1.54) is 18.2 Å². The van der Waals surface area contributed by atoms with Crippen LogP contribution in [0.4, 0.5) is 0 Å². The minimum Gasteiger partial charge on any atom is -0.508 e. The van der Waals surface area contributed by atoms with Gasteiger partial charge in [0.15, 0.2) is 0 Å². The topological polar surface area (TPSA) is 86.8 Å². The van der Waals surface area contributed by atoms with Crippen LogP contribution in [0.3, 0.4) is 0 Å². The molecule has 2 fully saturated rings. The summed E-state index contributed by atoms with van der Waals surface area (Å²) in [4.78, 5) is 13.8. The lowest BCUT2D eigenvalue weighted by molar-refractivity contribution is 0.0348. The van der Waals surface area contributed by atoms with Gasteiger partial charge in [0.1, 0.15) is 11.5 Å². The Kier molecular flexibility index (Phi) is 2.28. The van der Waals surface area contributed by atoms with Gasteiger partial charge < -0.3 is 20.8 Å². The van der Waals surface area contributed by atoms with Gasteiger partial charge in [0.2, 0.25) is 0 Å². The summed E-state index contributed by atoms with van der Waals surface area (Å²) in [6, 6.07) is 3.99. The molecule has 5 heteroatoms. The number of likely N-dealkylation sites (tertiary alicyclic amines) is 1. The molecule has 1 saturated carbocycles. The van der Waals surface area contributed by atoms with E-state index in [0.29, 0.717) is 19.0 Å². The van der Waals surface area contributed by atoms with Crippen molar-refractivity contribution in [2.75, 3.05) is 13.1 Å². The van der Waals surface area contributed by atoms with Gasteiger partial charge in [-0.25, -0.2) is 0 Å². The van der Waals surface area contributed by atoms with Crippen molar-refractivity contribution in [2.24, 2.45) is 11.7 Å². The van der Waals surface area contributed by atoms with E-state index >= 15 is 0 Å². The first-order chi connectivity index (χ1) is 8.49. The first-order valence-corrected chi connectivity index (χ1v) is 6.10. The highest BCUT2D eigenvalue weighted by Gasteiger charge is 2.51.